The molecule has 0 bridgehead atoms. The predicted molar refractivity (Wildman–Crippen MR) is 98.0 cm³/mol. The van der Waals surface area contributed by atoms with Crippen molar-refractivity contribution in [1.29, 1.82) is 0 Å². The van der Waals surface area contributed by atoms with Crippen molar-refractivity contribution in [2.24, 2.45) is 5.16 Å². The molecule has 1 saturated carbocycles. The third-order valence-corrected chi connectivity index (χ3v) is 4.71. The molecular weight excluding hydrogens is 318 g/mol. The molecule has 6 heteroatoms. The monoisotopic (exact) mass is 345 g/mol. The zero-order chi connectivity index (χ0) is 17.3. The first-order chi connectivity index (χ1) is 12.3. The highest BCUT2D eigenvalue weighted by molar-refractivity contribution is 5.80. The van der Waals surface area contributed by atoms with Crippen molar-refractivity contribution >= 4 is 17.8 Å². The normalized spacial score (nSPS) is 19.1. The van der Waals surface area contributed by atoms with E-state index in [1.807, 2.05) is 12.1 Å². The minimum absolute atomic E-state index is 0.0289. The van der Waals surface area contributed by atoms with Crippen molar-refractivity contribution in [3.8, 4) is 0 Å². The van der Waals surface area contributed by atoms with Crippen molar-refractivity contribution in [1.82, 2.24) is 5.32 Å². The number of nitrogens with zero attached hydrogens (tertiary/aromatic N) is 2. The Morgan fingerprint density at radius 2 is 1.92 bits per heavy atom. The van der Waals surface area contributed by atoms with E-state index in [0.717, 1.165) is 44.7 Å². The maximum absolute atomic E-state index is 11.8. The molecule has 2 aliphatic rings. The van der Waals surface area contributed by atoms with Crippen LogP contribution in [0, 0.1) is 0 Å². The molecule has 0 radical (unpaired) electrons. The fraction of sp³-hybridized carbons (Fsp3) is 0.579. The molecule has 1 amide bonds. The number of nitrogens with one attached hydrogen (secondary N) is 1. The fourth-order valence-electron chi connectivity index (χ4n) is 3.30. The zero-order valence-electron chi connectivity index (χ0n) is 14.7. The summed E-state index contributed by atoms with van der Waals surface area (Å²) in [6.07, 6.45) is 7.46. The average Bonchev–Trinajstić information content (AvgIpc) is 2.67. The van der Waals surface area contributed by atoms with Gasteiger partial charge in [0.25, 0.3) is 5.91 Å². The molecule has 25 heavy (non-hydrogen) atoms. The Kier molecular flexibility index (Phi) is 6.68. The first-order valence-electron chi connectivity index (χ1n) is 9.19. The summed E-state index contributed by atoms with van der Waals surface area (Å²) in [5.41, 5.74) is 2.14. The first kappa shape index (κ1) is 17.7. The Bertz CT molecular complexity index is 562. The molecular formula is C19H27N3O3. The number of anilines is 1. The molecule has 1 aliphatic heterocycles. The van der Waals surface area contributed by atoms with Crippen LogP contribution in [0.15, 0.2) is 29.4 Å². The Balaban J connectivity index is 1.38. The van der Waals surface area contributed by atoms with Gasteiger partial charge in [0, 0.05) is 24.8 Å². The van der Waals surface area contributed by atoms with E-state index in [1.54, 1.807) is 6.21 Å². The number of carbonyl (C=O) groups is 1. The van der Waals surface area contributed by atoms with E-state index in [1.165, 1.54) is 24.9 Å². The van der Waals surface area contributed by atoms with E-state index in [2.05, 4.69) is 27.5 Å². The summed E-state index contributed by atoms with van der Waals surface area (Å²) in [7, 11) is 0. The highest BCUT2D eigenvalue weighted by Gasteiger charge is 2.15. The van der Waals surface area contributed by atoms with Crippen molar-refractivity contribution in [3.05, 3.63) is 29.8 Å². The second-order valence-corrected chi connectivity index (χ2v) is 6.60. The van der Waals surface area contributed by atoms with E-state index < -0.39 is 0 Å². The second kappa shape index (κ2) is 9.42. The van der Waals surface area contributed by atoms with Gasteiger partial charge in [0.05, 0.1) is 19.4 Å². The lowest BCUT2D eigenvalue weighted by molar-refractivity contribution is -0.126. The third kappa shape index (κ3) is 5.74. The summed E-state index contributed by atoms with van der Waals surface area (Å²) in [6.45, 7) is 3.37. The van der Waals surface area contributed by atoms with Crippen molar-refractivity contribution in [3.63, 3.8) is 0 Å². The minimum atomic E-state index is -0.0910. The van der Waals surface area contributed by atoms with Gasteiger partial charge in [0.2, 0.25) is 0 Å². The van der Waals surface area contributed by atoms with Crippen LogP contribution in [0.1, 0.15) is 37.7 Å². The van der Waals surface area contributed by atoms with E-state index >= 15 is 0 Å². The van der Waals surface area contributed by atoms with Crippen molar-refractivity contribution < 1.29 is 14.4 Å². The summed E-state index contributed by atoms with van der Waals surface area (Å²) >= 11 is 0. The van der Waals surface area contributed by atoms with Gasteiger partial charge in [-0.25, -0.2) is 0 Å². The summed E-state index contributed by atoms with van der Waals surface area (Å²) in [5, 5.41) is 6.91. The average molecular weight is 345 g/mol. The van der Waals surface area contributed by atoms with Gasteiger partial charge in [-0.3, -0.25) is 4.79 Å². The smallest absolute Gasteiger partial charge is 0.260 e. The van der Waals surface area contributed by atoms with Crippen LogP contribution in [0.4, 0.5) is 5.69 Å². The number of hydrogen-bond donors (Lipinski definition) is 1. The molecule has 2 fully saturated rings. The highest BCUT2D eigenvalue weighted by Crippen LogP contribution is 2.17. The van der Waals surface area contributed by atoms with Gasteiger partial charge in [0.1, 0.15) is 0 Å². The van der Waals surface area contributed by atoms with Crippen LogP contribution >= 0.6 is 0 Å². The SMILES string of the molecule is O=C(CON=Cc1ccc(N2CCOCC2)cc1)NC1CCCCC1. The lowest BCUT2D eigenvalue weighted by Crippen LogP contribution is -2.38. The predicted octanol–water partition coefficient (Wildman–Crippen LogP) is 2.32. The number of hydrogen-bond acceptors (Lipinski definition) is 5. The highest BCUT2D eigenvalue weighted by atomic mass is 16.6. The molecule has 0 aromatic heterocycles. The zero-order valence-corrected chi connectivity index (χ0v) is 14.7. The Hall–Kier alpha value is -2.08. The third-order valence-electron chi connectivity index (χ3n) is 4.71. The number of rotatable bonds is 6. The second-order valence-electron chi connectivity index (χ2n) is 6.60. The summed E-state index contributed by atoms with van der Waals surface area (Å²) in [4.78, 5) is 19.2. The van der Waals surface area contributed by atoms with Crippen molar-refractivity contribution in [2.75, 3.05) is 37.8 Å². The van der Waals surface area contributed by atoms with Crippen molar-refractivity contribution in [2.45, 2.75) is 38.1 Å². The lowest BCUT2D eigenvalue weighted by Gasteiger charge is -2.28. The molecule has 6 nitrogen and oxygen atoms in total. The Morgan fingerprint density at radius 1 is 1.20 bits per heavy atom. The number of benzene rings is 1. The molecule has 1 aromatic rings. The van der Waals surface area contributed by atoms with E-state index in [-0.39, 0.29) is 12.5 Å². The van der Waals surface area contributed by atoms with Crippen LogP contribution < -0.4 is 10.2 Å². The molecule has 1 saturated heterocycles. The Labute approximate surface area is 149 Å². The first-order valence-corrected chi connectivity index (χ1v) is 9.19. The van der Waals surface area contributed by atoms with Gasteiger partial charge in [0.15, 0.2) is 6.61 Å². The number of carbonyl (C=O) groups excluding carboxylic acids is 1. The van der Waals surface area contributed by atoms with Crippen LogP contribution in [-0.4, -0.2) is 51.1 Å². The molecule has 0 spiro atoms. The standard InChI is InChI=1S/C19H27N3O3/c23-19(21-17-4-2-1-3-5-17)15-25-20-14-16-6-8-18(9-7-16)22-10-12-24-13-11-22/h6-9,14,17H,1-5,10-13,15H2,(H,21,23). The summed E-state index contributed by atoms with van der Waals surface area (Å²) < 4.78 is 5.37. The number of amides is 1. The quantitative estimate of drug-likeness (QED) is 0.635. The van der Waals surface area contributed by atoms with Gasteiger partial charge in [-0.05, 0) is 30.5 Å². The minimum Gasteiger partial charge on any atom is -0.386 e. The summed E-state index contributed by atoms with van der Waals surface area (Å²) in [5.74, 6) is -0.0910. The van der Waals surface area contributed by atoms with Crippen LogP contribution in [0.2, 0.25) is 0 Å². The van der Waals surface area contributed by atoms with Gasteiger partial charge >= 0.3 is 0 Å². The van der Waals surface area contributed by atoms with Gasteiger partial charge in [-0.1, -0.05) is 36.6 Å². The molecule has 1 N–H and O–H groups in total. The fourth-order valence-corrected chi connectivity index (χ4v) is 3.30. The molecule has 1 heterocycles. The maximum Gasteiger partial charge on any atom is 0.260 e. The molecule has 0 atom stereocenters. The molecule has 1 aliphatic carbocycles. The topological polar surface area (TPSA) is 63.2 Å². The molecule has 3 rings (SSSR count). The largest absolute Gasteiger partial charge is 0.386 e. The molecule has 0 unspecified atom stereocenters. The summed E-state index contributed by atoms with van der Waals surface area (Å²) in [6, 6.07) is 8.45. The number of oxime groups is 1. The van der Waals surface area contributed by atoms with Gasteiger partial charge in [-0.15, -0.1) is 0 Å². The van der Waals surface area contributed by atoms with E-state index in [4.69, 9.17) is 9.57 Å². The van der Waals surface area contributed by atoms with Crippen LogP contribution in [0.3, 0.4) is 0 Å². The Morgan fingerprint density at radius 3 is 2.64 bits per heavy atom. The molecule has 1 aromatic carbocycles. The van der Waals surface area contributed by atoms with E-state index in [9.17, 15) is 4.79 Å². The van der Waals surface area contributed by atoms with Crippen LogP contribution in [-0.2, 0) is 14.4 Å². The van der Waals surface area contributed by atoms with Gasteiger partial charge in [-0.2, -0.15) is 0 Å². The molecule has 136 valence electrons. The lowest BCUT2D eigenvalue weighted by atomic mass is 9.95. The van der Waals surface area contributed by atoms with Crippen LogP contribution in [0.25, 0.3) is 0 Å². The van der Waals surface area contributed by atoms with E-state index in [0.29, 0.717) is 6.04 Å². The maximum atomic E-state index is 11.8. The van der Waals surface area contributed by atoms with Gasteiger partial charge < -0.3 is 19.8 Å². The van der Waals surface area contributed by atoms with Crippen LogP contribution in [0.5, 0.6) is 0 Å². The number of ether oxygens (including phenoxy) is 1. The number of morpholine rings is 1.